The monoisotopic (exact) mass is 402 g/mol. The molecular weight excluding hydrogens is 372 g/mol. The molecule has 2 aromatic rings. The third-order valence-electron chi connectivity index (χ3n) is 4.98. The lowest BCUT2D eigenvalue weighted by molar-refractivity contribution is -0.134. The van der Waals surface area contributed by atoms with E-state index in [0.717, 1.165) is 36.2 Å². The Balaban J connectivity index is 1.89. The summed E-state index contributed by atoms with van der Waals surface area (Å²) < 4.78 is 5.37. The fourth-order valence-electron chi connectivity index (χ4n) is 2.85. The van der Waals surface area contributed by atoms with Gasteiger partial charge in [-0.1, -0.05) is 52.9 Å². The van der Waals surface area contributed by atoms with Crippen molar-refractivity contribution in [2.75, 3.05) is 0 Å². The van der Waals surface area contributed by atoms with Crippen molar-refractivity contribution in [3.05, 3.63) is 42.4 Å². The molecule has 2 atom stereocenters. The Hall–Kier alpha value is -1.94. The van der Waals surface area contributed by atoms with Crippen LogP contribution in [-0.2, 0) is 11.2 Å². The molecule has 0 aliphatic rings. The quantitative estimate of drug-likeness (QED) is 0.194. The number of carbonyl (C=O) groups excluding carboxylic acids is 1. The minimum absolute atomic E-state index is 0.0777. The molecule has 152 valence electrons. The zero-order valence-electron chi connectivity index (χ0n) is 17.2. The zero-order chi connectivity index (χ0) is 20.4. The van der Waals surface area contributed by atoms with Crippen molar-refractivity contribution < 1.29 is 9.53 Å². The number of aromatic nitrogens is 2. The molecule has 0 saturated heterocycles. The van der Waals surface area contributed by atoms with E-state index in [-0.39, 0.29) is 5.92 Å². The van der Waals surface area contributed by atoms with E-state index >= 15 is 0 Å². The highest BCUT2D eigenvalue weighted by atomic mass is 35.5. The molecule has 0 radical (unpaired) electrons. The van der Waals surface area contributed by atoms with Crippen LogP contribution in [0, 0.1) is 5.92 Å². The summed E-state index contributed by atoms with van der Waals surface area (Å²) in [4.78, 5) is 21.1. The molecule has 1 aromatic carbocycles. The lowest BCUT2D eigenvalue weighted by Gasteiger charge is -2.14. The largest absolute Gasteiger partial charge is 0.425 e. The lowest BCUT2D eigenvalue weighted by Crippen LogP contribution is -2.26. The Labute approximate surface area is 173 Å². The average Bonchev–Trinajstić information content (AvgIpc) is 2.73. The van der Waals surface area contributed by atoms with Gasteiger partial charge in [0.05, 0.1) is 17.6 Å². The van der Waals surface area contributed by atoms with E-state index in [1.165, 1.54) is 25.7 Å². The minimum Gasteiger partial charge on any atom is -0.425 e. The third kappa shape index (κ3) is 6.90. The number of esters is 1. The van der Waals surface area contributed by atoms with Crippen LogP contribution in [0.1, 0.15) is 65.0 Å². The topological polar surface area (TPSA) is 52.1 Å². The molecule has 5 heteroatoms. The van der Waals surface area contributed by atoms with Crippen molar-refractivity contribution in [3.8, 4) is 17.0 Å². The summed E-state index contributed by atoms with van der Waals surface area (Å²) in [5.74, 6) is 0.153. The molecule has 2 unspecified atom stereocenters. The second-order valence-electron chi connectivity index (χ2n) is 7.29. The van der Waals surface area contributed by atoms with E-state index in [2.05, 4.69) is 16.9 Å². The maximum Gasteiger partial charge on any atom is 0.329 e. The van der Waals surface area contributed by atoms with Gasteiger partial charge in [0.25, 0.3) is 0 Å². The molecule has 4 nitrogen and oxygen atoms in total. The number of nitrogens with zero attached hydrogens (tertiary/aromatic N) is 2. The highest BCUT2D eigenvalue weighted by Crippen LogP contribution is 2.22. The van der Waals surface area contributed by atoms with Crippen molar-refractivity contribution >= 4 is 17.6 Å². The number of unbranched alkanes of at least 4 members (excludes halogenated alkanes) is 4. The summed E-state index contributed by atoms with van der Waals surface area (Å²) in [6.45, 7) is 6.17. The van der Waals surface area contributed by atoms with Crippen molar-refractivity contribution in [1.82, 2.24) is 9.97 Å². The first-order valence-electron chi connectivity index (χ1n) is 10.3. The number of benzene rings is 1. The van der Waals surface area contributed by atoms with Gasteiger partial charge in [0.15, 0.2) is 0 Å². The maximum absolute atomic E-state index is 12.1. The van der Waals surface area contributed by atoms with E-state index in [4.69, 9.17) is 16.3 Å². The number of halogens is 1. The average molecular weight is 403 g/mol. The van der Waals surface area contributed by atoms with Gasteiger partial charge in [0.1, 0.15) is 11.1 Å². The van der Waals surface area contributed by atoms with Gasteiger partial charge >= 0.3 is 5.97 Å². The number of hydrogen-bond acceptors (Lipinski definition) is 4. The maximum atomic E-state index is 12.1. The van der Waals surface area contributed by atoms with E-state index in [1.54, 1.807) is 18.3 Å². The zero-order valence-corrected chi connectivity index (χ0v) is 17.9. The van der Waals surface area contributed by atoms with Crippen LogP contribution in [-0.4, -0.2) is 21.3 Å². The predicted molar refractivity (Wildman–Crippen MR) is 115 cm³/mol. The molecule has 0 N–H and O–H groups in total. The highest BCUT2D eigenvalue weighted by Gasteiger charge is 2.23. The molecule has 1 heterocycles. The fourth-order valence-corrected chi connectivity index (χ4v) is 3.07. The third-order valence-corrected chi connectivity index (χ3v) is 5.59. The molecule has 0 bridgehead atoms. The Bertz CT molecular complexity index is 716. The second kappa shape index (κ2) is 11.8. The smallest absolute Gasteiger partial charge is 0.329 e. The van der Waals surface area contributed by atoms with Gasteiger partial charge in [-0.2, -0.15) is 0 Å². The van der Waals surface area contributed by atoms with Crippen LogP contribution in [0.4, 0.5) is 0 Å². The first kappa shape index (κ1) is 22.4. The molecule has 0 amide bonds. The van der Waals surface area contributed by atoms with Gasteiger partial charge in [-0.25, -0.2) is 0 Å². The van der Waals surface area contributed by atoms with Gasteiger partial charge in [-0.3, -0.25) is 14.8 Å². The van der Waals surface area contributed by atoms with Gasteiger partial charge in [-0.05, 0) is 43.0 Å². The molecule has 28 heavy (non-hydrogen) atoms. The lowest BCUT2D eigenvalue weighted by atomic mass is 10.1. The first-order valence-corrected chi connectivity index (χ1v) is 10.8. The van der Waals surface area contributed by atoms with E-state index in [9.17, 15) is 4.79 Å². The number of ether oxygens (including phenoxy) is 1. The van der Waals surface area contributed by atoms with E-state index in [0.29, 0.717) is 5.75 Å². The van der Waals surface area contributed by atoms with Gasteiger partial charge in [0.2, 0.25) is 0 Å². The number of carbonyl (C=O) groups is 1. The van der Waals surface area contributed by atoms with Gasteiger partial charge in [0, 0.05) is 11.8 Å². The van der Waals surface area contributed by atoms with Crippen LogP contribution in [0.2, 0.25) is 0 Å². The van der Waals surface area contributed by atoms with Crippen LogP contribution in [0.15, 0.2) is 36.7 Å². The SMILES string of the molecule is CCCCCCCc1cnc(-c2ccc(OC(=O)C(Cl)C(C)CC)cc2)cn1. The van der Waals surface area contributed by atoms with Gasteiger partial charge < -0.3 is 4.74 Å². The van der Waals surface area contributed by atoms with Crippen molar-refractivity contribution in [1.29, 1.82) is 0 Å². The summed E-state index contributed by atoms with van der Waals surface area (Å²) in [6, 6.07) is 7.28. The Morgan fingerprint density at radius 3 is 2.36 bits per heavy atom. The van der Waals surface area contributed by atoms with Crippen LogP contribution < -0.4 is 4.74 Å². The number of hydrogen-bond donors (Lipinski definition) is 0. The van der Waals surface area contributed by atoms with Crippen LogP contribution in [0.25, 0.3) is 11.3 Å². The van der Waals surface area contributed by atoms with Gasteiger partial charge in [-0.15, -0.1) is 11.6 Å². The van der Waals surface area contributed by atoms with Crippen LogP contribution >= 0.6 is 11.6 Å². The van der Waals surface area contributed by atoms with E-state index in [1.807, 2.05) is 32.2 Å². The molecule has 0 spiro atoms. The molecule has 0 fully saturated rings. The normalized spacial score (nSPS) is 13.1. The minimum atomic E-state index is -0.634. The summed E-state index contributed by atoms with van der Waals surface area (Å²) in [5.41, 5.74) is 2.78. The summed E-state index contributed by atoms with van der Waals surface area (Å²) in [6.07, 6.45) is 11.7. The Morgan fingerprint density at radius 1 is 1.04 bits per heavy atom. The summed E-state index contributed by atoms with van der Waals surface area (Å²) in [5, 5.41) is -0.634. The number of alkyl halides is 1. The standard InChI is InChI=1S/C23H31ClN2O2/c1-4-6-7-8-9-10-19-15-26-21(16-25-19)18-11-13-20(14-12-18)28-23(27)22(24)17(3)5-2/h11-17,22H,4-10H2,1-3H3. The summed E-state index contributed by atoms with van der Waals surface area (Å²) in [7, 11) is 0. The highest BCUT2D eigenvalue weighted by molar-refractivity contribution is 6.30. The number of rotatable bonds is 11. The number of aryl methyl sites for hydroxylation is 1. The van der Waals surface area contributed by atoms with Crippen LogP contribution in [0.5, 0.6) is 5.75 Å². The van der Waals surface area contributed by atoms with Crippen molar-refractivity contribution in [3.63, 3.8) is 0 Å². The first-order chi connectivity index (χ1) is 13.5. The molecule has 0 saturated carbocycles. The Morgan fingerprint density at radius 2 is 1.75 bits per heavy atom. The fraction of sp³-hybridized carbons (Fsp3) is 0.522. The Kier molecular flexibility index (Phi) is 9.42. The predicted octanol–water partition coefficient (Wildman–Crippen LogP) is 6.22. The summed E-state index contributed by atoms with van der Waals surface area (Å²) >= 11 is 6.14. The molecule has 1 aromatic heterocycles. The molecule has 2 rings (SSSR count). The van der Waals surface area contributed by atoms with Crippen LogP contribution in [0.3, 0.4) is 0 Å². The molecule has 0 aliphatic heterocycles. The molecular formula is C23H31ClN2O2. The van der Waals surface area contributed by atoms with E-state index < -0.39 is 11.3 Å². The molecule has 0 aliphatic carbocycles. The van der Waals surface area contributed by atoms with Crippen molar-refractivity contribution in [2.45, 2.75) is 71.1 Å². The second-order valence-corrected chi connectivity index (χ2v) is 7.76. The van der Waals surface area contributed by atoms with Crippen molar-refractivity contribution in [2.24, 2.45) is 5.92 Å².